The zero-order valence-corrected chi connectivity index (χ0v) is 11.4. The van der Waals surface area contributed by atoms with Crippen LogP contribution in [-0.4, -0.2) is 6.54 Å². The van der Waals surface area contributed by atoms with Crippen molar-refractivity contribution in [1.82, 2.24) is 0 Å². The van der Waals surface area contributed by atoms with Crippen LogP contribution in [-0.2, 0) is 0 Å². The van der Waals surface area contributed by atoms with Crippen LogP contribution in [0.25, 0.3) is 0 Å². The summed E-state index contributed by atoms with van der Waals surface area (Å²) in [5, 5.41) is 13.0. The quantitative estimate of drug-likeness (QED) is 0.787. The second-order valence-corrected chi connectivity index (χ2v) is 5.35. The number of nitriles is 1. The molecule has 0 aliphatic heterocycles. The normalized spacial score (nSPS) is 11.0. The van der Waals surface area contributed by atoms with Gasteiger partial charge in [-0.25, -0.2) is 0 Å². The van der Waals surface area contributed by atoms with E-state index in [1.165, 1.54) is 0 Å². The van der Waals surface area contributed by atoms with E-state index in [-0.39, 0.29) is 5.41 Å². The van der Waals surface area contributed by atoms with Crippen LogP contribution >= 0.6 is 11.6 Å². The predicted molar refractivity (Wildman–Crippen MR) is 73.3 cm³/mol. The lowest BCUT2D eigenvalue weighted by Crippen LogP contribution is -2.11. The highest BCUT2D eigenvalue weighted by Crippen LogP contribution is 2.24. The molecule has 0 atom stereocenters. The Bertz CT molecular complexity index is 419. The third-order valence-corrected chi connectivity index (χ3v) is 3.27. The summed E-state index contributed by atoms with van der Waals surface area (Å²) in [6.45, 7) is 6.81. The van der Waals surface area contributed by atoms with Crippen LogP contribution in [0.4, 0.5) is 5.69 Å². The largest absolute Gasteiger partial charge is 0.385 e. The number of nitrogens with one attached hydrogen (secondary N) is 1. The van der Waals surface area contributed by atoms with Crippen molar-refractivity contribution >= 4 is 17.3 Å². The first kappa shape index (κ1) is 13.9. The number of nitrogens with zero attached hydrogens (tertiary/aromatic N) is 1. The van der Waals surface area contributed by atoms with Gasteiger partial charge in [0.1, 0.15) is 0 Å². The number of hydrogen-bond donors (Lipinski definition) is 1. The molecule has 1 N–H and O–H groups in total. The van der Waals surface area contributed by atoms with Crippen molar-refractivity contribution in [1.29, 1.82) is 5.26 Å². The van der Waals surface area contributed by atoms with Gasteiger partial charge in [-0.3, -0.25) is 0 Å². The first-order chi connectivity index (χ1) is 7.96. The van der Waals surface area contributed by atoms with Gasteiger partial charge in [-0.1, -0.05) is 17.7 Å². The Morgan fingerprint density at radius 2 is 2.12 bits per heavy atom. The maximum absolute atomic E-state index is 8.90. The summed E-state index contributed by atoms with van der Waals surface area (Å²) in [5.74, 6) is 0. The highest BCUT2D eigenvalue weighted by atomic mass is 35.5. The smallest absolute Gasteiger partial charge is 0.0683 e. The third kappa shape index (κ3) is 4.28. The Hall–Kier alpha value is -1.20. The summed E-state index contributed by atoms with van der Waals surface area (Å²) in [6.07, 6.45) is 1.88. The minimum Gasteiger partial charge on any atom is -0.385 e. The van der Waals surface area contributed by atoms with Crippen molar-refractivity contribution in [2.24, 2.45) is 5.41 Å². The Balaban J connectivity index is 2.42. The second-order valence-electron chi connectivity index (χ2n) is 4.94. The van der Waals surface area contributed by atoms with Crippen molar-refractivity contribution in [3.8, 4) is 6.07 Å². The topological polar surface area (TPSA) is 35.8 Å². The van der Waals surface area contributed by atoms with E-state index in [4.69, 9.17) is 16.9 Å². The van der Waals surface area contributed by atoms with Crippen molar-refractivity contribution in [3.05, 3.63) is 28.8 Å². The fourth-order valence-corrected chi connectivity index (χ4v) is 1.78. The van der Waals surface area contributed by atoms with Gasteiger partial charge in [-0.05, 0) is 51.3 Å². The van der Waals surface area contributed by atoms with E-state index in [1.54, 1.807) is 0 Å². The van der Waals surface area contributed by atoms with Gasteiger partial charge in [0.15, 0.2) is 0 Å². The van der Waals surface area contributed by atoms with Crippen molar-refractivity contribution in [3.63, 3.8) is 0 Å². The third-order valence-electron chi connectivity index (χ3n) is 2.86. The van der Waals surface area contributed by atoms with Gasteiger partial charge < -0.3 is 5.32 Å². The Labute approximate surface area is 109 Å². The van der Waals surface area contributed by atoms with E-state index in [9.17, 15) is 0 Å². The molecule has 0 aliphatic rings. The van der Waals surface area contributed by atoms with E-state index in [0.29, 0.717) is 0 Å². The molecule has 0 unspecified atom stereocenters. The molecule has 1 rings (SSSR count). The van der Waals surface area contributed by atoms with Crippen LogP contribution in [0.3, 0.4) is 0 Å². The van der Waals surface area contributed by atoms with Crippen LogP contribution in [0.15, 0.2) is 18.2 Å². The molecule has 0 fully saturated rings. The molecule has 0 amide bonds. The SMILES string of the molecule is Cc1c(Cl)cccc1NCCCC(C)(C)C#N. The summed E-state index contributed by atoms with van der Waals surface area (Å²) in [7, 11) is 0. The Kier molecular flexibility index (Phi) is 4.84. The molecule has 0 spiro atoms. The highest BCUT2D eigenvalue weighted by Gasteiger charge is 2.15. The molecular weight excluding hydrogens is 232 g/mol. The molecule has 3 heteroatoms. The number of benzene rings is 1. The minimum absolute atomic E-state index is 0.231. The second kappa shape index (κ2) is 5.93. The lowest BCUT2D eigenvalue weighted by atomic mass is 9.90. The van der Waals surface area contributed by atoms with E-state index in [1.807, 2.05) is 39.0 Å². The molecular formula is C14H19ClN2. The van der Waals surface area contributed by atoms with Crippen LogP contribution in [0, 0.1) is 23.7 Å². The molecule has 0 heterocycles. The first-order valence-corrected chi connectivity index (χ1v) is 6.24. The van der Waals surface area contributed by atoms with Crippen LogP contribution < -0.4 is 5.32 Å². The highest BCUT2D eigenvalue weighted by molar-refractivity contribution is 6.31. The molecule has 0 aliphatic carbocycles. The van der Waals surface area contributed by atoms with Gasteiger partial charge in [0, 0.05) is 17.3 Å². The molecule has 1 aromatic rings. The summed E-state index contributed by atoms with van der Waals surface area (Å²) in [6, 6.07) is 8.17. The molecule has 17 heavy (non-hydrogen) atoms. The van der Waals surface area contributed by atoms with E-state index in [2.05, 4.69) is 11.4 Å². The predicted octanol–water partition coefficient (Wildman–Crippen LogP) is 4.39. The Morgan fingerprint density at radius 3 is 2.76 bits per heavy atom. The molecule has 0 saturated carbocycles. The summed E-state index contributed by atoms with van der Waals surface area (Å²) in [5.41, 5.74) is 1.92. The number of hydrogen-bond acceptors (Lipinski definition) is 2. The summed E-state index contributed by atoms with van der Waals surface area (Å²) >= 11 is 6.04. The monoisotopic (exact) mass is 250 g/mol. The van der Waals surface area contributed by atoms with Gasteiger partial charge in [-0.15, -0.1) is 0 Å². The van der Waals surface area contributed by atoms with Gasteiger partial charge >= 0.3 is 0 Å². The fourth-order valence-electron chi connectivity index (χ4n) is 1.61. The number of rotatable bonds is 5. The zero-order valence-electron chi connectivity index (χ0n) is 10.7. The van der Waals surface area contributed by atoms with Crippen molar-refractivity contribution in [2.75, 3.05) is 11.9 Å². The molecule has 0 saturated heterocycles. The average Bonchev–Trinajstić information content (AvgIpc) is 2.30. The standard InChI is InChI=1S/C14H19ClN2/c1-11-12(15)6-4-7-13(11)17-9-5-8-14(2,3)10-16/h4,6-7,17H,5,8-9H2,1-3H3. The minimum atomic E-state index is -0.231. The molecule has 1 aromatic carbocycles. The number of anilines is 1. The molecule has 0 radical (unpaired) electrons. The molecule has 0 aromatic heterocycles. The summed E-state index contributed by atoms with van der Waals surface area (Å²) in [4.78, 5) is 0. The zero-order chi connectivity index (χ0) is 12.9. The van der Waals surface area contributed by atoms with Crippen molar-refractivity contribution < 1.29 is 0 Å². The van der Waals surface area contributed by atoms with Crippen molar-refractivity contribution in [2.45, 2.75) is 33.6 Å². The lowest BCUT2D eigenvalue weighted by molar-refractivity contribution is 0.441. The Morgan fingerprint density at radius 1 is 1.41 bits per heavy atom. The van der Waals surface area contributed by atoms with Crippen LogP contribution in [0.1, 0.15) is 32.3 Å². The first-order valence-electron chi connectivity index (χ1n) is 5.86. The summed E-state index contributed by atoms with van der Waals surface area (Å²) < 4.78 is 0. The molecule has 0 bridgehead atoms. The maximum Gasteiger partial charge on any atom is 0.0683 e. The average molecular weight is 251 g/mol. The van der Waals surface area contributed by atoms with Gasteiger partial charge in [0.2, 0.25) is 0 Å². The van der Waals surface area contributed by atoms with Gasteiger partial charge in [0.25, 0.3) is 0 Å². The number of halogens is 1. The molecule has 2 nitrogen and oxygen atoms in total. The van der Waals surface area contributed by atoms with E-state index >= 15 is 0 Å². The van der Waals surface area contributed by atoms with Crippen LogP contribution in [0.5, 0.6) is 0 Å². The van der Waals surface area contributed by atoms with E-state index < -0.39 is 0 Å². The maximum atomic E-state index is 8.90. The van der Waals surface area contributed by atoms with Gasteiger partial charge in [0.05, 0.1) is 11.5 Å². The van der Waals surface area contributed by atoms with Crippen LogP contribution in [0.2, 0.25) is 5.02 Å². The fraction of sp³-hybridized carbons (Fsp3) is 0.500. The lowest BCUT2D eigenvalue weighted by Gasteiger charge is -2.15. The molecule has 92 valence electrons. The van der Waals surface area contributed by atoms with Gasteiger partial charge in [-0.2, -0.15) is 5.26 Å². The van der Waals surface area contributed by atoms with E-state index in [0.717, 1.165) is 35.7 Å².